The van der Waals surface area contributed by atoms with E-state index >= 15 is 0 Å². The molecule has 2 N–H and O–H groups in total. The normalized spacial score (nSPS) is 28.0. The predicted molar refractivity (Wildman–Crippen MR) is 86.2 cm³/mol. The lowest BCUT2D eigenvalue weighted by atomic mass is 9.88. The number of anilines is 2. The van der Waals surface area contributed by atoms with Crippen molar-refractivity contribution in [3.63, 3.8) is 0 Å². The Balaban J connectivity index is 1.80. The molecule has 0 spiro atoms. The molecular formula is C16H24N2O2S. The van der Waals surface area contributed by atoms with Crippen molar-refractivity contribution in [3.8, 4) is 0 Å². The molecule has 3 atom stereocenters. The average Bonchev–Trinajstić information content (AvgIpc) is 2.99. The van der Waals surface area contributed by atoms with E-state index in [4.69, 9.17) is 5.73 Å². The number of nitrogen functional groups attached to an aromatic ring is 1. The second-order valence-corrected chi connectivity index (χ2v) is 8.76. The van der Waals surface area contributed by atoms with Crippen LogP contribution in [0.15, 0.2) is 23.1 Å². The van der Waals surface area contributed by atoms with Gasteiger partial charge in [0.25, 0.3) is 0 Å². The van der Waals surface area contributed by atoms with Gasteiger partial charge in [-0.1, -0.05) is 12.5 Å². The SMILES string of the molecule is CN(CC1CC2CCC1C2)c1cccc(S(C)(=O)=O)c1N. The molecule has 2 fully saturated rings. The summed E-state index contributed by atoms with van der Waals surface area (Å²) in [5.41, 5.74) is 7.31. The van der Waals surface area contributed by atoms with Crippen LogP contribution in [0.25, 0.3) is 0 Å². The number of fused-ring (bicyclic) bond motifs is 2. The molecule has 0 heterocycles. The van der Waals surface area contributed by atoms with Crippen molar-refractivity contribution in [2.75, 3.05) is 30.5 Å². The fraction of sp³-hybridized carbons (Fsp3) is 0.625. The first-order valence-electron chi connectivity index (χ1n) is 7.66. The van der Waals surface area contributed by atoms with Gasteiger partial charge in [0.05, 0.1) is 16.3 Å². The van der Waals surface area contributed by atoms with Crippen molar-refractivity contribution < 1.29 is 8.42 Å². The van der Waals surface area contributed by atoms with Gasteiger partial charge in [-0.15, -0.1) is 0 Å². The van der Waals surface area contributed by atoms with Gasteiger partial charge < -0.3 is 10.6 Å². The van der Waals surface area contributed by atoms with Crippen LogP contribution in [0.1, 0.15) is 25.7 Å². The van der Waals surface area contributed by atoms with E-state index < -0.39 is 9.84 Å². The molecule has 2 aliphatic rings. The molecule has 3 unspecified atom stereocenters. The number of hydrogen-bond acceptors (Lipinski definition) is 4. The molecule has 0 amide bonds. The minimum atomic E-state index is -3.28. The highest BCUT2D eigenvalue weighted by atomic mass is 32.2. The number of sulfone groups is 1. The fourth-order valence-electron chi connectivity index (χ4n) is 4.24. The standard InChI is InChI=1S/C16H24N2O2S/c1-18(10-13-9-11-6-7-12(13)8-11)14-4-3-5-15(16(14)17)21(2,19)20/h3-5,11-13H,6-10,17H2,1-2H3. The molecule has 5 heteroatoms. The van der Waals surface area contributed by atoms with Crippen LogP contribution in [0.3, 0.4) is 0 Å². The smallest absolute Gasteiger partial charge is 0.177 e. The second kappa shape index (κ2) is 5.20. The number of nitrogens with two attached hydrogens (primary N) is 1. The predicted octanol–water partition coefficient (Wildman–Crippen LogP) is 2.54. The monoisotopic (exact) mass is 308 g/mol. The van der Waals surface area contributed by atoms with Gasteiger partial charge in [-0.2, -0.15) is 0 Å². The van der Waals surface area contributed by atoms with Crippen LogP contribution in [-0.2, 0) is 9.84 Å². The third kappa shape index (κ3) is 2.76. The number of para-hydroxylation sites is 1. The maximum Gasteiger partial charge on any atom is 0.177 e. The summed E-state index contributed by atoms with van der Waals surface area (Å²) >= 11 is 0. The molecule has 0 aromatic heterocycles. The third-order valence-corrected chi connectivity index (χ3v) is 6.40. The zero-order chi connectivity index (χ0) is 15.2. The topological polar surface area (TPSA) is 63.4 Å². The largest absolute Gasteiger partial charge is 0.396 e. The molecule has 0 saturated heterocycles. The maximum absolute atomic E-state index is 11.8. The van der Waals surface area contributed by atoms with Gasteiger partial charge in [-0.25, -0.2) is 8.42 Å². The summed E-state index contributed by atoms with van der Waals surface area (Å²) in [5.74, 6) is 2.51. The zero-order valence-electron chi connectivity index (χ0n) is 12.7. The quantitative estimate of drug-likeness (QED) is 0.868. The highest BCUT2D eigenvalue weighted by Crippen LogP contribution is 2.48. The molecule has 0 aliphatic heterocycles. The van der Waals surface area contributed by atoms with Crippen molar-refractivity contribution in [1.82, 2.24) is 0 Å². The Kier molecular flexibility index (Phi) is 3.64. The molecule has 21 heavy (non-hydrogen) atoms. The molecular weight excluding hydrogens is 284 g/mol. The lowest BCUT2D eigenvalue weighted by Crippen LogP contribution is -2.29. The Labute approximate surface area is 127 Å². The minimum absolute atomic E-state index is 0.236. The molecule has 2 bridgehead atoms. The van der Waals surface area contributed by atoms with E-state index in [0.717, 1.165) is 30.0 Å². The number of rotatable bonds is 4. The number of benzene rings is 1. The number of hydrogen-bond donors (Lipinski definition) is 1. The Hall–Kier alpha value is -1.23. The van der Waals surface area contributed by atoms with E-state index in [-0.39, 0.29) is 4.90 Å². The van der Waals surface area contributed by atoms with E-state index in [1.165, 1.54) is 31.9 Å². The molecule has 0 radical (unpaired) electrons. The van der Waals surface area contributed by atoms with E-state index in [2.05, 4.69) is 4.90 Å². The summed E-state index contributed by atoms with van der Waals surface area (Å²) in [6.07, 6.45) is 6.68. The van der Waals surface area contributed by atoms with Crippen LogP contribution in [0.2, 0.25) is 0 Å². The van der Waals surface area contributed by atoms with Crippen molar-refractivity contribution in [3.05, 3.63) is 18.2 Å². The van der Waals surface area contributed by atoms with Crippen molar-refractivity contribution >= 4 is 21.2 Å². The lowest BCUT2D eigenvalue weighted by molar-refractivity contribution is 0.337. The Morgan fingerprint density at radius 3 is 2.62 bits per heavy atom. The van der Waals surface area contributed by atoms with Crippen LogP contribution in [-0.4, -0.2) is 28.3 Å². The summed E-state index contributed by atoms with van der Waals surface area (Å²) in [4.78, 5) is 2.37. The second-order valence-electron chi connectivity index (χ2n) is 6.78. The Bertz CT molecular complexity index is 642. The molecule has 1 aromatic carbocycles. The Morgan fingerprint density at radius 1 is 1.29 bits per heavy atom. The van der Waals surface area contributed by atoms with E-state index in [1.807, 2.05) is 13.1 Å². The van der Waals surface area contributed by atoms with Crippen molar-refractivity contribution in [2.24, 2.45) is 17.8 Å². The van der Waals surface area contributed by atoms with Gasteiger partial charge in [0.2, 0.25) is 0 Å². The molecule has 1 aromatic rings. The van der Waals surface area contributed by atoms with E-state index in [0.29, 0.717) is 5.69 Å². The van der Waals surface area contributed by atoms with Gasteiger partial charge >= 0.3 is 0 Å². The van der Waals surface area contributed by atoms with E-state index in [1.54, 1.807) is 12.1 Å². The van der Waals surface area contributed by atoms with Crippen LogP contribution < -0.4 is 10.6 Å². The molecule has 116 valence electrons. The average molecular weight is 308 g/mol. The molecule has 2 saturated carbocycles. The third-order valence-electron chi connectivity index (χ3n) is 5.25. The van der Waals surface area contributed by atoms with Gasteiger partial charge in [0.15, 0.2) is 9.84 Å². The van der Waals surface area contributed by atoms with Crippen molar-refractivity contribution in [2.45, 2.75) is 30.6 Å². The first-order chi connectivity index (χ1) is 9.86. The number of nitrogens with zero attached hydrogens (tertiary/aromatic N) is 1. The van der Waals surface area contributed by atoms with Crippen LogP contribution >= 0.6 is 0 Å². The van der Waals surface area contributed by atoms with Crippen LogP contribution in [0.5, 0.6) is 0 Å². The first-order valence-corrected chi connectivity index (χ1v) is 9.55. The molecule has 2 aliphatic carbocycles. The van der Waals surface area contributed by atoms with E-state index in [9.17, 15) is 8.42 Å². The summed E-state index contributed by atoms with van der Waals surface area (Å²) in [6.45, 7) is 0.971. The highest BCUT2D eigenvalue weighted by molar-refractivity contribution is 7.90. The van der Waals surface area contributed by atoms with Gasteiger partial charge in [-0.3, -0.25) is 0 Å². The minimum Gasteiger partial charge on any atom is -0.396 e. The lowest BCUT2D eigenvalue weighted by Gasteiger charge is -2.29. The maximum atomic E-state index is 11.8. The Morgan fingerprint density at radius 2 is 2.05 bits per heavy atom. The summed E-state index contributed by atoms with van der Waals surface area (Å²) in [6, 6.07) is 5.27. The van der Waals surface area contributed by atoms with Crippen molar-refractivity contribution in [1.29, 1.82) is 0 Å². The van der Waals surface area contributed by atoms with Gasteiger partial charge in [0.1, 0.15) is 0 Å². The summed E-state index contributed by atoms with van der Waals surface area (Å²) in [5, 5.41) is 0. The van der Waals surface area contributed by atoms with Gasteiger partial charge in [0, 0.05) is 19.8 Å². The highest BCUT2D eigenvalue weighted by Gasteiger charge is 2.39. The van der Waals surface area contributed by atoms with Crippen LogP contribution in [0.4, 0.5) is 11.4 Å². The van der Waals surface area contributed by atoms with Crippen LogP contribution in [0, 0.1) is 17.8 Å². The summed E-state index contributed by atoms with van der Waals surface area (Å²) in [7, 11) is -1.26. The summed E-state index contributed by atoms with van der Waals surface area (Å²) < 4.78 is 23.6. The first kappa shape index (κ1) is 14.7. The zero-order valence-corrected chi connectivity index (χ0v) is 13.6. The fourth-order valence-corrected chi connectivity index (χ4v) is 5.07. The van der Waals surface area contributed by atoms with Gasteiger partial charge in [-0.05, 0) is 49.1 Å². The molecule has 4 nitrogen and oxygen atoms in total. The molecule has 3 rings (SSSR count).